The van der Waals surface area contributed by atoms with Crippen molar-refractivity contribution in [2.75, 3.05) is 0 Å². The summed E-state index contributed by atoms with van der Waals surface area (Å²) in [5.74, 6) is 0.897. The number of halogens is 1. The standard InChI is InChI=1S/C9H9ClO2/c1-6(11)9(4-5-9)7-2-3-8(10)12-7/h2-3H,4-5H2,1H3. The normalized spacial score (nSPS) is 19.2. The SMILES string of the molecule is CC(=O)C1(c2ccc(Cl)o2)CC1. The van der Waals surface area contributed by atoms with Gasteiger partial charge >= 0.3 is 0 Å². The minimum atomic E-state index is -0.326. The molecule has 0 amide bonds. The molecular formula is C9H9ClO2. The molecule has 0 aliphatic heterocycles. The van der Waals surface area contributed by atoms with Crippen LogP contribution in [0.3, 0.4) is 0 Å². The lowest BCUT2D eigenvalue weighted by Gasteiger charge is -2.05. The monoisotopic (exact) mass is 184 g/mol. The average molecular weight is 185 g/mol. The molecule has 2 rings (SSSR count). The molecule has 0 aromatic carbocycles. The topological polar surface area (TPSA) is 30.2 Å². The van der Waals surface area contributed by atoms with Crippen molar-refractivity contribution in [2.45, 2.75) is 25.2 Å². The third-order valence-corrected chi connectivity index (χ3v) is 2.67. The van der Waals surface area contributed by atoms with Crippen LogP contribution in [0.4, 0.5) is 0 Å². The molecule has 12 heavy (non-hydrogen) atoms. The first kappa shape index (κ1) is 7.87. The van der Waals surface area contributed by atoms with E-state index in [0.717, 1.165) is 18.6 Å². The lowest BCUT2D eigenvalue weighted by Crippen LogP contribution is -2.15. The summed E-state index contributed by atoms with van der Waals surface area (Å²) in [7, 11) is 0. The second-order valence-corrected chi connectivity index (χ2v) is 3.61. The van der Waals surface area contributed by atoms with Crippen LogP contribution >= 0.6 is 11.6 Å². The Kier molecular flexibility index (Phi) is 1.55. The number of hydrogen-bond donors (Lipinski definition) is 0. The zero-order chi connectivity index (χ0) is 8.77. The summed E-state index contributed by atoms with van der Waals surface area (Å²) in [6.45, 7) is 1.60. The Balaban J connectivity index is 2.36. The summed E-state index contributed by atoms with van der Waals surface area (Å²) >= 11 is 5.62. The van der Waals surface area contributed by atoms with Crippen LogP contribution in [-0.4, -0.2) is 5.78 Å². The molecule has 0 saturated heterocycles. The molecule has 1 heterocycles. The van der Waals surface area contributed by atoms with E-state index in [2.05, 4.69) is 0 Å². The Morgan fingerprint density at radius 2 is 2.25 bits per heavy atom. The molecule has 1 fully saturated rings. The number of Topliss-reactive ketones (excluding diaryl/α,β-unsaturated/α-hetero) is 1. The predicted octanol–water partition coefficient (Wildman–Crippen LogP) is 2.55. The molecule has 1 aliphatic carbocycles. The van der Waals surface area contributed by atoms with E-state index in [9.17, 15) is 4.79 Å². The highest BCUT2D eigenvalue weighted by molar-refractivity contribution is 6.28. The fourth-order valence-electron chi connectivity index (χ4n) is 1.47. The Hall–Kier alpha value is -0.760. The van der Waals surface area contributed by atoms with Crippen LogP contribution < -0.4 is 0 Å². The Morgan fingerprint density at radius 3 is 2.58 bits per heavy atom. The first-order valence-corrected chi connectivity index (χ1v) is 4.30. The van der Waals surface area contributed by atoms with Crippen LogP contribution in [0.1, 0.15) is 25.5 Å². The summed E-state index contributed by atoms with van der Waals surface area (Å²) in [6.07, 6.45) is 1.79. The fourth-order valence-corrected chi connectivity index (χ4v) is 1.61. The molecule has 1 aromatic heterocycles. The van der Waals surface area contributed by atoms with Crippen molar-refractivity contribution >= 4 is 17.4 Å². The van der Waals surface area contributed by atoms with Crippen LogP contribution in [0, 0.1) is 0 Å². The van der Waals surface area contributed by atoms with Gasteiger partial charge in [-0.1, -0.05) is 0 Å². The molecule has 0 unspecified atom stereocenters. The minimum Gasteiger partial charge on any atom is -0.449 e. The highest BCUT2D eigenvalue weighted by Crippen LogP contribution is 2.49. The van der Waals surface area contributed by atoms with Crippen molar-refractivity contribution in [2.24, 2.45) is 0 Å². The van der Waals surface area contributed by atoms with Crippen molar-refractivity contribution in [1.29, 1.82) is 0 Å². The van der Waals surface area contributed by atoms with Crippen LogP contribution in [-0.2, 0) is 10.2 Å². The summed E-state index contributed by atoms with van der Waals surface area (Å²) in [4.78, 5) is 11.2. The second-order valence-electron chi connectivity index (χ2n) is 3.24. The van der Waals surface area contributed by atoms with Crippen LogP contribution in [0.2, 0.25) is 5.22 Å². The number of carbonyl (C=O) groups excluding carboxylic acids is 1. The van der Waals surface area contributed by atoms with E-state index in [1.165, 1.54) is 0 Å². The van der Waals surface area contributed by atoms with Gasteiger partial charge in [-0.3, -0.25) is 4.79 Å². The molecule has 1 aromatic rings. The summed E-state index contributed by atoms with van der Waals surface area (Å²) in [6, 6.07) is 3.47. The first-order valence-electron chi connectivity index (χ1n) is 3.92. The first-order chi connectivity index (χ1) is 5.65. The third-order valence-electron chi connectivity index (χ3n) is 2.47. The minimum absolute atomic E-state index is 0.175. The highest BCUT2D eigenvalue weighted by Gasteiger charge is 2.51. The molecular weight excluding hydrogens is 176 g/mol. The summed E-state index contributed by atoms with van der Waals surface area (Å²) in [5, 5.41) is 0.359. The molecule has 1 aliphatic rings. The van der Waals surface area contributed by atoms with Gasteiger partial charge in [-0.15, -0.1) is 0 Å². The van der Waals surface area contributed by atoms with Gasteiger partial charge in [0.05, 0.1) is 5.41 Å². The number of furan rings is 1. The van der Waals surface area contributed by atoms with E-state index in [4.69, 9.17) is 16.0 Å². The van der Waals surface area contributed by atoms with Gasteiger partial charge in [0.2, 0.25) is 0 Å². The van der Waals surface area contributed by atoms with E-state index >= 15 is 0 Å². The molecule has 0 atom stereocenters. The summed E-state index contributed by atoms with van der Waals surface area (Å²) < 4.78 is 5.22. The molecule has 64 valence electrons. The van der Waals surface area contributed by atoms with Gasteiger partial charge in [-0.05, 0) is 43.5 Å². The Bertz CT molecular complexity index is 323. The molecule has 0 radical (unpaired) electrons. The quantitative estimate of drug-likeness (QED) is 0.707. The zero-order valence-electron chi connectivity index (χ0n) is 6.76. The van der Waals surface area contributed by atoms with Crippen molar-refractivity contribution < 1.29 is 9.21 Å². The lowest BCUT2D eigenvalue weighted by atomic mass is 9.99. The van der Waals surface area contributed by atoms with E-state index in [1.807, 2.05) is 0 Å². The van der Waals surface area contributed by atoms with Gasteiger partial charge in [-0.25, -0.2) is 0 Å². The van der Waals surface area contributed by atoms with Gasteiger partial charge in [0, 0.05) is 0 Å². The zero-order valence-corrected chi connectivity index (χ0v) is 7.52. The maximum Gasteiger partial charge on any atom is 0.193 e. The summed E-state index contributed by atoms with van der Waals surface area (Å²) in [5.41, 5.74) is -0.326. The van der Waals surface area contributed by atoms with Crippen molar-refractivity contribution in [1.82, 2.24) is 0 Å². The van der Waals surface area contributed by atoms with E-state index < -0.39 is 0 Å². The molecule has 1 saturated carbocycles. The number of hydrogen-bond acceptors (Lipinski definition) is 2. The largest absolute Gasteiger partial charge is 0.449 e. The molecule has 0 spiro atoms. The van der Waals surface area contributed by atoms with Crippen molar-refractivity contribution in [3.8, 4) is 0 Å². The van der Waals surface area contributed by atoms with Crippen molar-refractivity contribution in [3.05, 3.63) is 23.1 Å². The van der Waals surface area contributed by atoms with Crippen LogP contribution in [0.5, 0.6) is 0 Å². The Labute approximate surface area is 75.5 Å². The molecule has 3 heteroatoms. The van der Waals surface area contributed by atoms with Gasteiger partial charge in [0.15, 0.2) is 5.22 Å². The number of rotatable bonds is 2. The molecule has 0 bridgehead atoms. The van der Waals surface area contributed by atoms with E-state index in [0.29, 0.717) is 5.22 Å². The van der Waals surface area contributed by atoms with Crippen LogP contribution in [0.25, 0.3) is 0 Å². The highest BCUT2D eigenvalue weighted by atomic mass is 35.5. The predicted molar refractivity (Wildman–Crippen MR) is 45.3 cm³/mol. The van der Waals surface area contributed by atoms with E-state index in [-0.39, 0.29) is 11.2 Å². The number of carbonyl (C=O) groups is 1. The van der Waals surface area contributed by atoms with Gasteiger partial charge in [0.1, 0.15) is 11.5 Å². The third kappa shape index (κ3) is 0.985. The van der Waals surface area contributed by atoms with Gasteiger partial charge in [-0.2, -0.15) is 0 Å². The van der Waals surface area contributed by atoms with Crippen molar-refractivity contribution in [3.63, 3.8) is 0 Å². The fraction of sp³-hybridized carbons (Fsp3) is 0.444. The Morgan fingerprint density at radius 1 is 1.58 bits per heavy atom. The molecule has 2 nitrogen and oxygen atoms in total. The van der Waals surface area contributed by atoms with E-state index in [1.54, 1.807) is 19.1 Å². The van der Waals surface area contributed by atoms with Crippen LogP contribution in [0.15, 0.2) is 16.5 Å². The second kappa shape index (κ2) is 2.36. The smallest absolute Gasteiger partial charge is 0.193 e. The maximum atomic E-state index is 11.2. The van der Waals surface area contributed by atoms with Gasteiger partial charge < -0.3 is 4.42 Å². The van der Waals surface area contributed by atoms with Gasteiger partial charge in [0.25, 0.3) is 0 Å². The average Bonchev–Trinajstić information content (AvgIpc) is 2.71. The lowest BCUT2D eigenvalue weighted by molar-refractivity contribution is -0.119. The maximum absolute atomic E-state index is 11.2. The number of ketones is 1. The molecule has 0 N–H and O–H groups in total.